The van der Waals surface area contributed by atoms with Crippen molar-refractivity contribution in [2.24, 2.45) is 0 Å². The van der Waals surface area contributed by atoms with Gasteiger partial charge in [-0.2, -0.15) is 0 Å². The van der Waals surface area contributed by atoms with E-state index in [9.17, 15) is 9.90 Å². The number of hydrogen-bond donors (Lipinski definition) is 2. The Morgan fingerprint density at radius 3 is 2.71 bits per heavy atom. The minimum absolute atomic E-state index is 0.0315. The van der Waals surface area contributed by atoms with Gasteiger partial charge in [0.15, 0.2) is 0 Å². The van der Waals surface area contributed by atoms with Gasteiger partial charge in [-0.25, -0.2) is 0 Å². The Balaban J connectivity index is 2.44. The first kappa shape index (κ1) is 12.0. The van der Waals surface area contributed by atoms with Crippen LogP contribution in [0.25, 0.3) is 0 Å². The van der Waals surface area contributed by atoms with E-state index in [2.05, 4.69) is 21.2 Å². The van der Waals surface area contributed by atoms with Gasteiger partial charge in [0, 0.05) is 0 Å². The van der Waals surface area contributed by atoms with Gasteiger partial charge in [-0.3, -0.25) is 4.79 Å². The molecule has 3 atom stereocenters. The number of amides is 1. The van der Waals surface area contributed by atoms with Gasteiger partial charge in [-0.1, -0.05) is 35.2 Å². The molecule has 0 aromatic heterocycles. The summed E-state index contributed by atoms with van der Waals surface area (Å²) in [5.74, 6) is -0.0315. The summed E-state index contributed by atoms with van der Waals surface area (Å²) in [6.45, 7) is 1.79. The third kappa shape index (κ3) is 3.58. The van der Waals surface area contributed by atoms with Crippen LogP contribution in [0.4, 0.5) is 0 Å². The van der Waals surface area contributed by atoms with Crippen LogP contribution >= 0.6 is 15.9 Å². The van der Waals surface area contributed by atoms with E-state index in [1.807, 2.05) is 0 Å². The molecule has 4 heteroatoms. The predicted octanol–water partition coefficient (Wildman–Crippen LogP) is 1.58. The number of rotatable bonds is 2. The van der Waals surface area contributed by atoms with Crippen LogP contribution in [0.2, 0.25) is 0 Å². The fourth-order valence-corrected chi connectivity index (χ4v) is 1.89. The number of aliphatic hydroxyl groups excluding tert-OH is 1. The maximum absolute atomic E-state index is 11.4. The predicted molar refractivity (Wildman–Crippen MR) is 59.4 cm³/mol. The van der Waals surface area contributed by atoms with E-state index >= 15 is 0 Å². The molecule has 82 valence electrons. The number of carbonyl (C=O) groups is 1. The largest absolute Gasteiger partial charge is 0.391 e. The molecule has 1 aliphatic carbocycles. The van der Waals surface area contributed by atoms with E-state index in [4.69, 9.17) is 0 Å². The molecule has 0 aromatic rings. The molecular weight excluding hydrogens is 246 g/mol. The van der Waals surface area contributed by atoms with Crippen molar-refractivity contribution in [2.75, 3.05) is 0 Å². The van der Waals surface area contributed by atoms with Gasteiger partial charge in [-0.15, -0.1) is 0 Å². The summed E-state index contributed by atoms with van der Waals surface area (Å²) < 4.78 is 0. The lowest BCUT2D eigenvalue weighted by molar-refractivity contribution is -0.121. The third-order valence-corrected chi connectivity index (χ3v) is 3.08. The van der Waals surface area contributed by atoms with Crippen molar-refractivity contribution >= 4 is 21.8 Å². The summed E-state index contributed by atoms with van der Waals surface area (Å²) in [4.78, 5) is 11.2. The maximum Gasteiger partial charge on any atom is 0.233 e. The zero-order valence-electron chi connectivity index (χ0n) is 8.50. The van der Waals surface area contributed by atoms with Crippen molar-refractivity contribution in [1.82, 2.24) is 5.32 Å². The van der Waals surface area contributed by atoms with Crippen molar-refractivity contribution < 1.29 is 9.90 Å². The minimum atomic E-state index is -0.368. The Bertz CT molecular complexity index is 197. The molecule has 3 unspecified atom stereocenters. The Morgan fingerprint density at radius 2 is 2.07 bits per heavy atom. The van der Waals surface area contributed by atoms with Gasteiger partial charge in [0.1, 0.15) is 0 Å². The second-order valence-electron chi connectivity index (χ2n) is 3.94. The topological polar surface area (TPSA) is 49.3 Å². The second-order valence-corrected chi connectivity index (χ2v) is 5.31. The van der Waals surface area contributed by atoms with Crippen LogP contribution in [0.15, 0.2) is 0 Å². The van der Waals surface area contributed by atoms with Gasteiger partial charge in [0.05, 0.1) is 17.0 Å². The van der Waals surface area contributed by atoms with E-state index in [1.165, 1.54) is 0 Å². The standard InChI is InChI=1S/C10H18BrNO2/c1-7(11)10(14)12-8-5-3-2-4-6-9(8)13/h7-9,13H,2-6H2,1H3,(H,12,14). The summed E-state index contributed by atoms with van der Waals surface area (Å²) in [7, 11) is 0. The van der Waals surface area contributed by atoms with E-state index in [0.717, 1.165) is 32.1 Å². The highest BCUT2D eigenvalue weighted by atomic mass is 79.9. The number of carbonyl (C=O) groups excluding carboxylic acids is 1. The van der Waals surface area contributed by atoms with Crippen LogP contribution in [-0.4, -0.2) is 28.0 Å². The van der Waals surface area contributed by atoms with Crippen molar-refractivity contribution in [3.63, 3.8) is 0 Å². The van der Waals surface area contributed by atoms with Crippen molar-refractivity contribution in [3.8, 4) is 0 Å². The molecule has 0 aromatic carbocycles. The van der Waals surface area contributed by atoms with Gasteiger partial charge in [-0.05, 0) is 19.8 Å². The van der Waals surface area contributed by atoms with Crippen LogP contribution < -0.4 is 5.32 Å². The molecule has 1 saturated carbocycles. The lowest BCUT2D eigenvalue weighted by Crippen LogP contribution is -2.44. The van der Waals surface area contributed by atoms with E-state index < -0.39 is 0 Å². The summed E-state index contributed by atoms with van der Waals surface area (Å²) in [5.41, 5.74) is 0. The van der Waals surface area contributed by atoms with Gasteiger partial charge < -0.3 is 10.4 Å². The van der Waals surface area contributed by atoms with Crippen molar-refractivity contribution in [1.29, 1.82) is 0 Å². The molecule has 0 radical (unpaired) electrons. The fourth-order valence-electron chi connectivity index (χ4n) is 1.75. The summed E-state index contributed by atoms with van der Waals surface area (Å²) >= 11 is 3.21. The summed E-state index contributed by atoms with van der Waals surface area (Å²) in [5, 5.41) is 12.6. The normalized spacial score (nSPS) is 30.5. The highest BCUT2D eigenvalue weighted by Crippen LogP contribution is 2.18. The Hall–Kier alpha value is -0.0900. The molecule has 1 rings (SSSR count). The highest BCUT2D eigenvalue weighted by Gasteiger charge is 2.24. The van der Waals surface area contributed by atoms with Crippen molar-refractivity contribution in [2.45, 2.75) is 56.0 Å². The Labute approximate surface area is 93.4 Å². The number of hydrogen-bond acceptors (Lipinski definition) is 2. The highest BCUT2D eigenvalue weighted by molar-refractivity contribution is 9.10. The van der Waals surface area contributed by atoms with Crippen molar-refractivity contribution in [3.05, 3.63) is 0 Å². The quantitative estimate of drug-likeness (QED) is 0.587. The molecular formula is C10H18BrNO2. The molecule has 0 spiro atoms. The molecule has 1 amide bonds. The smallest absolute Gasteiger partial charge is 0.233 e. The molecule has 1 fully saturated rings. The van der Waals surface area contributed by atoms with Gasteiger partial charge in [0.25, 0.3) is 0 Å². The summed E-state index contributed by atoms with van der Waals surface area (Å²) in [6.07, 6.45) is 4.66. The molecule has 0 saturated heterocycles. The Morgan fingerprint density at radius 1 is 1.43 bits per heavy atom. The second kappa shape index (κ2) is 5.71. The molecule has 14 heavy (non-hydrogen) atoms. The lowest BCUT2D eigenvalue weighted by atomic mass is 10.1. The number of alkyl halides is 1. The van der Waals surface area contributed by atoms with Gasteiger partial charge in [0.2, 0.25) is 5.91 Å². The average Bonchev–Trinajstić information content (AvgIpc) is 2.32. The van der Waals surface area contributed by atoms with Crippen LogP contribution in [0.3, 0.4) is 0 Å². The molecule has 0 bridgehead atoms. The maximum atomic E-state index is 11.4. The van der Waals surface area contributed by atoms with Crippen LogP contribution in [0.5, 0.6) is 0 Å². The average molecular weight is 264 g/mol. The fraction of sp³-hybridized carbons (Fsp3) is 0.900. The first-order chi connectivity index (χ1) is 6.61. The minimum Gasteiger partial charge on any atom is -0.391 e. The third-order valence-electron chi connectivity index (χ3n) is 2.67. The van der Waals surface area contributed by atoms with E-state index in [1.54, 1.807) is 6.92 Å². The first-order valence-corrected chi connectivity index (χ1v) is 6.15. The molecule has 0 aliphatic heterocycles. The van der Waals surface area contributed by atoms with Gasteiger partial charge >= 0.3 is 0 Å². The monoisotopic (exact) mass is 263 g/mol. The SMILES string of the molecule is CC(Br)C(=O)NC1CCCCCC1O. The number of halogens is 1. The first-order valence-electron chi connectivity index (χ1n) is 5.24. The van der Waals surface area contributed by atoms with Crippen LogP contribution in [-0.2, 0) is 4.79 Å². The number of nitrogens with one attached hydrogen (secondary N) is 1. The lowest BCUT2D eigenvalue weighted by Gasteiger charge is -2.22. The number of aliphatic hydroxyl groups is 1. The Kier molecular flexibility index (Phi) is 4.89. The molecule has 2 N–H and O–H groups in total. The molecule has 0 heterocycles. The summed E-state index contributed by atoms with van der Waals surface area (Å²) in [6, 6.07) is -0.0509. The molecule has 3 nitrogen and oxygen atoms in total. The van der Waals surface area contributed by atoms with Crippen LogP contribution in [0, 0.1) is 0 Å². The zero-order valence-corrected chi connectivity index (χ0v) is 10.1. The zero-order chi connectivity index (χ0) is 10.6. The van der Waals surface area contributed by atoms with Crippen LogP contribution in [0.1, 0.15) is 39.0 Å². The van der Waals surface area contributed by atoms with E-state index in [0.29, 0.717) is 0 Å². The van der Waals surface area contributed by atoms with E-state index in [-0.39, 0.29) is 22.9 Å². The molecule has 1 aliphatic rings.